The van der Waals surface area contributed by atoms with E-state index < -0.39 is 0 Å². The largest absolute Gasteiger partial charge is 0.380 e. The van der Waals surface area contributed by atoms with E-state index in [1.165, 1.54) is 6.07 Å². The fourth-order valence-electron chi connectivity index (χ4n) is 2.34. The number of fused-ring (bicyclic) bond motifs is 3. The highest BCUT2D eigenvalue weighted by molar-refractivity contribution is 9.10. The summed E-state index contributed by atoms with van der Waals surface area (Å²) in [7, 11) is 0. The fourth-order valence-corrected chi connectivity index (χ4v) is 2.90. The number of halogens is 2. The fraction of sp³-hybridized carbons (Fsp3) is 0.400. The van der Waals surface area contributed by atoms with Gasteiger partial charge in [-0.1, -0.05) is 6.92 Å². The van der Waals surface area contributed by atoms with Crippen LogP contribution in [0.2, 0.25) is 0 Å². The SMILES string of the molecule is C[C@@H]1C2Nc3c(Br)cc(F)cc3C21. The first-order valence-corrected chi connectivity index (χ1v) is 5.23. The van der Waals surface area contributed by atoms with Gasteiger partial charge in [-0.15, -0.1) is 0 Å². The Bertz CT molecular complexity index is 391. The number of hydrogen-bond acceptors (Lipinski definition) is 1. The monoisotopic (exact) mass is 241 g/mol. The minimum Gasteiger partial charge on any atom is -0.380 e. The summed E-state index contributed by atoms with van der Waals surface area (Å²) in [6.45, 7) is 2.20. The smallest absolute Gasteiger partial charge is 0.124 e. The molecule has 1 aromatic rings. The van der Waals surface area contributed by atoms with Gasteiger partial charge in [0.2, 0.25) is 0 Å². The molecule has 1 nitrogen and oxygen atoms in total. The summed E-state index contributed by atoms with van der Waals surface area (Å²) in [5.74, 6) is 1.07. The lowest BCUT2D eigenvalue weighted by Crippen LogP contribution is -2.01. The van der Waals surface area contributed by atoms with Crippen molar-refractivity contribution in [3.63, 3.8) is 0 Å². The summed E-state index contributed by atoms with van der Waals surface area (Å²) in [4.78, 5) is 0. The molecule has 2 unspecified atom stereocenters. The van der Waals surface area contributed by atoms with Gasteiger partial charge in [0.25, 0.3) is 0 Å². The zero-order chi connectivity index (χ0) is 9.16. The minimum atomic E-state index is -0.146. The van der Waals surface area contributed by atoms with Crippen LogP contribution < -0.4 is 5.32 Å². The first-order valence-electron chi connectivity index (χ1n) is 4.44. The van der Waals surface area contributed by atoms with Gasteiger partial charge in [0.05, 0.1) is 5.69 Å². The Hall–Kier alpha value is -0.570. The van der Waals surface area contributed by atoms with Crippen molar-refractivity contribution in [3.05, 3.63) is 28.0 Å². The van der Waals surface area contributed by atoms with E-state index in [0.717, 1.165) is 15.7 Å². The third kappa shape index (κ3) is 0.909. The van der Waals surface area contributed by atoms with Crippen LogP contribution in [-0.4, -0.2) is 6.04 Å². The van der Waals surface area contributed by atoms with Crippen LogP contribution in [0.3, 0.4) is 0 Å². The van der Waals surface area contributed by atoms with Gasteiger partial charge in [-0.3, -0.25) is 0 Å². The Balaban J connectivity index is 2.17. The number of hydrogen-bond donors (Lipinski definition) is 1. The number of nitrogens with one attached hydrogen (secondary N) is 1. The molecule has 3 atom stereocenters. The highest BCUT2D eigenvalue weighted by Gasteiger charge is 2.53. The van der Waals surface area contributed by atoms with E-state index in [1.807, 2.05) is 0 Å². The summed E-state index contributed by atoms with van der Waals surface area (Å²) in [6, 6.07) is 3.72. The van der Waals surface area contributed by atoms with Gasteiger partial charge in [0, 0.05) is 16.4 Å². The van der Waals surface area contributed by atoms with Gasteiger partial charge in [0.1, 0.15) is 5.82 Å². The van der Waals surface area contributed by atoms with Crippen LogP contribution in [0.25, 0.3) is 0 Å². The molecule has 0 radical (unpaired) electrons. The predicted molar refractivity (Wildman–Crippen MR) is 53.4 cm³/mol. The normalized spacial score (nSPS) is 33.6. The average Bonchev–Trinajstić information content (AvgIpc) is 2.55. The Morgan fingerprint density at radius 3 is 3.00 bits per heavy atom. The van der Waals surface area contributed by atoms with Crippen molar-refractivity contribution in [1.82, 2.24) is 0 Å². The van der Waals surface area contributed by atoms with E-state index in [-0.39, 0.29) is 5.82 Å². The Morgan fingerprint density at radius 1 is 1.46 bits per heavy atom. The molecule has 0 amide bonds. The first-order chi connectivity index (χ1) is 6.18. The molecule has 0 spiro atoms. The molecule has 1 fully saturated rings. The van der Waals surface area contributed by atoms with Crippen molar-refractivity contribution >= 4 is 21.6 Å². The van der Waals surface area contributed by atoms with E-state index in [9.17, 15) is 4.39 Å². The molecular weight excluding hydrogens is 233 g/mol. The topological polar surface area (TPSA) is 12.0 Å². The van der Waals surface area contributed by atoms with Gasteiger partial charge < -0.3 is 5.32 Å². The molecule has 0 bridgehead atoms. The van der Waals surface area contributed by atoms with Crippen LogP contribution in [0.5, 0.6) is 0 Å². The van der Waals surface area contributed by atoms with Crippen molar-refractivity contribution in [3.8, 4) is 0 Å². The van der Waals surface area contributed by atoms with Crippen LogP contribution in [0.1, 0.15) is 18.4 Å². The summed E-state index contributed by atoms with van der Waals surface area (Å²) >= 11 is 3.36. The highest BCUT2D eigenvalue weighted by atomic mass is 79.9. The molecule has 2 aliphatic rings. The van der Waals surface area contributed by atoms with Gasteiger partial charge in [0.15, 0.2) is 0 Å². The summed E-state index contributed by atoms with van der Waals surface area (Å²) in [5, 5.41) is 3.40. The second kappa shape index (κ2) is 2.27. The number of rotatable bonds is 0. The molecule has 3 rings (SSSR count). The molecular formula is C10H9BrFN. The van der Waals surface area contributed by atoms with Crippen molar-refractivity contribution in [2.75, 3.05) is 5.32 Å². The lowest BCUT2D eigenvalue weighted by Gasteiger charge is -2.08. The maximum absolute atomic E-state index is 13.1. The summed E-state index contributed by atoms with van der Waals surface area (Å²) in [5.41, 5.74) is 2.24. The number of benzene rings is 1. The predicted octanol–water partition coefficient (Wildman–Crippen LogP) is 3.12. The zero-order valence-corrected chi connectivity index (χ0v) is 8.73. The molecule has 1 aliphatic carbocycles. The van der Waals surface area contributed by atoms with Crippen molar-refractivity contribution < 1.29 is 4.39 Å². The lowest BCUT2D eigenvalue weighted by molar-refractivity contribution is 0.624. The highest BCUT2D eigenvalue weighted by Crippen LogP contribution is 2.58. The second-order valence-corrected chi connectivity index (χ2v) is 4.76. The Morgan fingerprint density at radius 2 is 2.23 bits per heavy atom. The first kappa shape index (κ1) is 7.80. The zero-order valence-electron chi connectivity index (χ0n) is 7.14. The molecule has 1 aromatic carbocycles. The number of anilines is 1. The minimum absolute atomic E-state index is 0.146. The molecule has 1 heterocycles. The van der Waals surface area contributed by atoms with Crippen LogP contribution in [0.4, 0.5) is 10.1 Å². The van der Waals surface area contributed by atoms with E-state index in [1.54, 1.807) is 6.07 Å². The maximum atomic E-state index is 13.1. The van der Waals surface area contributed by atoms with Gasteiger partial charge in [-0.25, -0.2) is 4.39 Å². The van der Waals surface area contributed by atoms with E-state index in [0.29, 0.717) is 17.9 Å². The second-order valence-electron chi connectivity index (χ2n) is 3.91. The maximum Gasteiger partial charge on any atom is 0.124 e. The third-order valence-electron chi connectivity index (χ3n) is 3.13. The molecule has 0 aromatic heterocycles. The molecule has 0 saturated heterocycles. The average molecular weight is 242 g/mol. The van der Waals surface area contributed by atoms with Crippen molar-refractivity contribution in [2.24, 2.45) is 5.92 Å². The Kier molecular flexibility index (Phi) is 1.36. The Labute approximate surface area is 84.5 Å². The van der Waals surface area contributed by atoms with Gasteiger partial charge in [-0.2, -0.15) is 0 Å². The van der Waals surface area contributed by atoms with Crippen molar-refractivity contribution in [2.45, 2.75) is 18.9 Å². The van der Waals surface area contributed by atoms with Gasteiger partial charge in [-0.05, 0) is 39.5 Å². The van der Waals surface area contributed by atoms with Crippen LogP contribution >= 0.6 is 15.9 Å². The molecule has 1 aliphatic heterocycles. The van der Waals surface area contributed by atoms with Gasteiger partial charge >= 0.3 is 0 Å². The van der Waals surface area contributed by atoms with Crippen LogP contribution in [0, 0.1) is 11.7 Å². The quantitative estimate of drug-likeness (QED) is 0.737. The molecule has 13 heavy (non-hydrogen) atoms. The van der Waals surface area contributed by atoms with E-state index in [2.05, 4.69) is 28.2 Å². The lowest BCUT2D eigenvalue weighted by atomic mass is 10.1. The summed E-state index contributed by atoms with van der Waals surface area (Å²) < 4.78 is 13.9. The summed E-state index contributed by atoms with van der Waals surface area (Å²) in [6.07, 6.45) is 0. The van der Waals surface area contributed by atoms with Crippen molar-refractivity contribution in [1.29, 1.82) is 0 Å². The third-order valence-corrected chi connectivity index (χ3v) is 3.76. The van der Waals surface area contributed by atoms with Crippen LogP contribution in [-0.2, 0) is 0 Å². The molecule has 68 valence electrons. The molecule has 1 saturated carbocycles. The van der Waals surface area contributed by atoms with E-state index >= 15 is 0 Å². The standard InChI is InChI=1S/C10H9BrFN/c1-4-8-6-2-5(12)3-7(11)10(6)13-9(4)8/h2-4,8-9,13H,1H3/t4-,8?,9?/m0/s1. The molecule has 3 heteroatoms. The molecule has 1 N–H and O–H groups in total. The van der Waals surface area contributed by atoms with Crippen LogP contribution in [0.15, 0.2) is 16.6 Å². The van der Waals surface area contributed by atoms with E-state index in [4.69, 9.17) is 0 Å².